The number of hydrogen-bond acceptors (Lipinski definition) is 6. The van der Waals surface area contributed by atoms with Gasteiger partial charge in [0.2, 0.25) is 10.0 Å². The zero-order chi connectivity index (χ0) is 15.6. The van der Waals surface area contributed by atoms with Crippen LogP contribution in [0.15, 0.2) is 10.3 Å². The molecule has 1 aromatic rings. The second-order valence-corrected chi connectivity index (χ2v) is 9.07. The Balaban J connectivity index is 2.20. The Hall–Kier alpha value is -0.640. The summed E-state index contributed by atoms with van der Waals surface area (Å²) in [7, 11) is -2.27. The fourth-order valence-electron chi connectivity index (χ4n) is 2.54. The van der Waals surface area contributed by atoms with E-state index in [9.17, 15) is 13.2 Å². The zero-order valence-corrected chi connectivity index (χ0v) is 14.3. The van der Waals surface area contributed by atoms with Gasteiger partial charge in [-0.15, -0.1) is 0 Å². The molecule has 2 rings (SSSR count). The average Bonchev–Trinajstić information content (AvgIpc) is 3.07. The van der Waals surface area contributed by atoms with Gasteiger partial charge in [0.15, 0.2) is 5.69 Å². The second-order valence-electron chi connectivity index (χ2n) is 4.90. The lowest BCUT2D eigenvalue weighted by Crippen LogP contribution is -2.36. The van der Waals surface area contributed by atoms with Gasteiger partial charge in [0.1, 0.15) is 4.90 Å². The second kappa shape index (κ2) is 6.64. The van der Waals surface area contributed by atoms with E-state index in [0.717, 1.165) is 36.5 Å². The summed E-state index contributed by atoms with van der Waals surface area (Å²) in [6.07, 6.45) is 2.62. The number of thioether (sulfide) groups is 1. The highest BCUT2D eigenvalue weighted by Crippen LogP contribution is 2.34. The number of carboxylic acids is 1. The molecule has 0 saturated heterocycles. The van der Waals surface area contributed by atoms with Gasteiger partial charge in [0.25, 0.3) is 0 Å². The third kappa shape index (κ3) is 3.41. The average molecular weight is 350 g/mol. The molecule has 118 valence electrons. The molecule has 1 saturated carbocycles. The molecule has 6 nitrogen and oxygen atoms in total. The topological polar surface area (TPSA) is 87.6 Å². The highest BCUT2D eigenvalue weighted by atomic mass is 32.2. The first kappa shape index (κ1) is 16.7. The summed E-state index contributed by atoms with van der Waals surface area (Å²) in [5.74, 6) is -0.292. The van der Waals surface area contributed by atoms with Crippen LogP contribution in [-0.4, -0.2) is 52.3 Å². The number of carboxylic acid groups (broad SMARTS) is 1. The summed E-state index contributed by atoms with van der Waals surface area (Å²) in [5.41, 5.74) is -0.385. The van der Waals surface area contributed by atoms with Crippen molar-refractivity contribution in [2.75, 3.05) is 12.8 Å². The maximum atomic E-state index is 12.6. The van der Waals surface area contributed by atoms with Crippen molar-refractivity contribution in [1.29, 1.82) is 0 Å². The molecule has 0 amide bonds. The van der Waals surface area contributed by atoms with Crippen LogP contribution in [0.1, 0.15) is 36.7 Å². The van der Waals surface area contributed by atoms with Crippen LogP contribution in [0.4, 0.5) is 0 Å². The molecule has 1 aromatic heterocycles. The standard InChI is InChI=1S/C12H18N2O4S3/c1-3-19-9-5-4-8(6-9)14(2)21(17,18)10-7-20-13-11(10)12(15)16/h7-9H,3-6H2,1-2H3,(H,15,16). The lowest BCUT2D eigenvalue weighted by atomic mass is 10.3. The van der Waals surface area contributed by atoms with Crippen LogP contribution in [0.3, 0.4) is 0 Å². The van der Waals surface area contributed by atoms with Crippen molar-refractivity contribution in [1.82, 2.24) is 8.68 Å². The maximum absolute atomic E-state index is 12.6. The van der Waals surface area contributed by atoms with Crippen molar-refractivity contribution in [2.24, 2.45) is 0 Å². The van der Waals surface area contributed by atoms with Crippen LogP contribution < -0.4 is 0 Å². The van der Waals surface area contributed by atoms with Gasteiger partial charge in [0, 0.05) is 23.7 Å². The van der Waals surface area contributed by atoms with Gasteiger partial charge < -0.3 is 5.11 Å². The molecule has 1 aliphatic carbocycles. The highest BCUT2D eigenvalue weighted by Gasteiger charge is 2.36. The Morgan fingerprint density at radius 1 is 1.57 bits per heavy atom. The number of aromatic carboxylic acids is 1. The van der Waals surface area contributed by atoms with E-state index in [-0.39, 0.29) is 16.6 Å². The smallest absolute Gasteiger partial charge is 0.357 e. The van der Waals surface area contributed by atoms with Crippen LogP contribution in [0, 0.1) is 0 Å². The first-order valence-corrected chi connectivity index (χ1v) is 9.97. The molecule has 0 spiro atoms. The molecular weight excluding hydrogens is 332 g/mol. The van der Waals surface area contributed by atoms with Crippen LogP contribution in [-0.2, 0) is 10.0 Å². The lowest BCUT2D eigenvalue weighted by molar-refractivity contribution is 0.0687. The summed E-state index contributed by atoms with van der Waals surface area (Å²) in [5, 5.41) is 10.8. The van der Waals surface area contributed by atoms with E-state index < -0.39 is 16.0 Å². The van der Waals surface area contributed by atoms with Crippen molar-refractivity contribution in [3.63, 3.8) is 0 Å². The number of rotatable bonds is 6. The predicted molar refractivity (Wildman–Crippen MR) is 83.6 cm³/mol. The van der Waals surface area contributed by atoms with Crippen molar-refractivity contribution in [2.45, 2.75) is 42.4 Å². The third-order valence-corrected chi connectivity index (χ3v) is 7.60. The fourth-order valence-corrected chi connectivity index (χ4v) is 6.16. The Bertz CT molecular complexity index is 614. The molecule has 2 atom stereocenters. The van der Waals surface area contributed by atoms with Crippen molar-refractivity contribution >= 4 is 39.3 Å². The van der Waals surface area contributed by atoms with Gasteiger partial charge >= 0.3 is 5.97 Å². The van der Waals surface area contributed by atoms with Gasteiger partial charge in [0.05, 0.1) is 0 Å². The van der Waals surface area contributed by atoms with E-state index in [1.807, 2.05) is 11.8 Å². The van der Waals surface area contributed by atoms with Gasteiger partial charge in [-0.3, -0.25) is 0 Å². The van der Waals surface area contributed by atoms with E-state index in [1.54, 1.807) is 0 Å². The number of aromatic nitrogens is 1. The molecule has 2 unspecified atom stereocenters. The molecule has 0 radical (unpaired) electrons. The zero-order valence-electron chi connectivity index (χ0n) is 11.9. The van der Waals surface area contributed by atoms with Gasteiger partial charge in [-0.1, -0.05) is 6.92 Å². The largest absolute Gasteiger partial charge is 0.476 e. The van der Waals surface area contributed by atoms with E-state index >= 15 is 0 Å². The van der Waals surface area contributed by atoms with Gasteiger partial charge in [-0.25, -0.2) is 13.2 Å². The summed E-state index contributed by atoms with van der Waals surface area (Å²) in [6.45, 7) is 2.09. The number of sulfonamides is 1. The van der Waals surface area contributed by atoms with Gasteiger partial charge in [-0.05, 0) is 36.5 Å². The molecule has 1 fully saturated rings. The number of carbonyl (C=O) groups is 1. The fraction of sp³-hybridized carbons (Fsp3) is 0.667. The van der Waals surface area contributed by atoms with Crippen LogP contribution in [0.25, 0.3) is 0 Å². The minimum atomic E-state index is -3.80. The Morgan fingerprint density at radius 3 is 2.90 bits per heavy atom. The van der Waals surface area contributed by atoms with Gasteiger partial charge in [-0.2, -0.15) is 20.4 Å². The molecule has 1 aliphatic rings. The quantitative estimate of drug-likeness (QED) is 0.846. The van der Waals surface area contributed by atoms with Crippen LogP contribution in [0.5, 0.6) is 0 Å². The minimum absolute atomic E-state index is 0.0689. The molecule has 0 aromatic carbocycles. The predicted octanol–water partition coefficient (Wildman–Crippen LogP) is 2.14. The van der Waals surface area contributed by atoms with Crippen molar-refractivity contribution < 1.29 is 18.3 Å². The maximum Gasteiger partial charge on any atom is 0.357 e. The van der Waals surface area contributed by atoms with E-state index in [2.05, 4.69) is 11.3 Å². The molecule has 9 heteroatoms. The van der Waals surface area contributed by atoms with Crippen molar-refractivity contribution in [3.05, 3.63) is 11.1 Å². The molecule has 0 aliphatic heterocycles. The number of hydrogen-bond donors (Lipinski definition) is 1. The third-order valence-electron chi connectivity index (χ3n) is 3.67. The van der Waals surface area contributed by atoms with E-state index in [1.165, 1.54) is 16.7 Å². The molecule has 1 heterocycles. The first-order valence-electron chi connectivity index (χ1n) is 6.65. The van der Waals surface area contributed by atoms with Crippen molar-refractivity contribution in [3.8, 4) is 0 Å². The van der Waals surface area contributed by atoms with E-state index in [0.29, 0.717) is 5.25 Å². The SMILES string of the molecule is CCSC1CCC(N(C)S(=O)(=O)c2csnc2C(=O)O)C1. The summed E-state index contributed by atoms with van der Waals surface area (Å²) in [6, 6.07) is -0.0689. The molecule has 0 bridgehead atoms. The monoisotopic (exact) mass is 350 g/mol. The molecular formula is C12H18N2O4S3. The van der Waals surface area contributed by atoms with Crippen LogP contribution >= 0.6 is 23.3 Å². The summed E-state index contributed by atoms with van der Waals surface area (Å²) < 4.78 is 30.2. The molecule has 1 N–H and O–H groups in total. The highest BCUT2D eigenvalue weighted by molar-refractivity contribution is 7.99. The lowest BCUT2D eigenvalue weighted by Gasteiger charge is -2.23. The molecule has 21 heavy (non-hydrogen) atoms. The minimum Gasteiger partial charge on any atom is -0.476 e. The first-order chi connectivity index (χ1) is 9.87. The normalized spacial score (nSPS) is 22.8. The van der Waals surface area contributed by atoms with Crippen LogP contribution in [0.2, 0.25) is 0 Å². The number of nitrogens with zero attached hydrogens (tertiary/aromatic N) is 2. The summed E-state index contributed by atoms with van der Waals surface area (Å²) in [4.78, 5) is 10.9. The Kier molecular flexibility index (Phi) is 5.29. The Morgan fingerprint density at radius 2 is 2.29 bits per heavy atom. The Labute approximate surface area is 132 Å². The summed E-state index contributed by atoms with van der Waals surface area (Å²) >= 11 is 2.70. The van der Waals surface area contributed by atoms with E-state index in [4.69, 9.17) is 5.11 Å².